The van der Waals surface area contributed by atoms with Gasteiger partial charge in [0.2, 0.25) is 11.8 Å². The van der Waals surface area contributed by atoms with Crippen molar-refractivity contribution in [1.82, 2.24) is 4.90 Å². The number of benzene rings is 3. The maximum atomic E-state index is 14.5. The maximum Gasteiger partial charge on any atom is 0.250 e. The molecule has 0 unspecified atom stereocenters. The number of anilines is 2. The van der Waals surface area contributed by atoms with E-state index >= 15 is 0 Å². The molecule has 0 saturated carbocycles. The topological polar surface area (TPSA) is 78.5 Å². The normalized spacial score (nSPS) is 30.8. The molecule has 2 saturated heterocycles. The van der Waals surface area contributed by atoms with E-state index in [9.17, 15) is 14.4 Å². The second kappa shape index (κ2) is 6.64. The van der Waals surface area contributed by atoms with Crippen LogP contribution in [-0.4, -0.2) is 35.1 Å². The Balaban J connectivity index is 1.59. The van der Waals surface area contributed by atoms with Gasteiger partial charge in [-0.1, -0.05) is 66.7 Å². The number of hydrogen-bond donors (Lipinski definition) is 2. The van der Waals surface area contributed by atoms with E-state index in [0.29, 0.717) is 17.8 Å². The van der Waals surface area contributed by atoms with Crippen LogP contribution in [0.25, 0.3) is 0 Å². The highest BCUT2D eigenvalue weighted by Gasteiger charge is 2.78. The highest BCUT2D eigenvalue weighted by molar-refractivity contribution is 6.18. The minimum absolute atomic E-state index is 0.172. The molecule has 3 aromatic carbocycles. The van der Waals surface area contributed by atoms with E-state index in [1.807, 2.05) is 66.7 Å². The van der Waals surface area contributed by atoms with Gasteiger partial charge in [0, 0.05) is 28.5 Å². The Hall–Kier alpha value is -3.77. The summed E-state index contributed by atoms with van der Waals surface area (Å²) in [4.78, 5) is 44.8. The number of nitrogens with one attached hydrogen (secondary N) is 2. The predicted octanol–water partition coefficient (Wildman–Crippen LogP) is 3.70. The van der Waals surface area contributed by atoms with Gasteiger partial charge in [-0.3, -0.25) is 19.3 Å². The lowest BCUT2D eigenvalue weighted by Crippen LogP contribution is -2.55. The summed E-state index contributed by atoms with van der Waals surface area (Å²) in [5, 5.41) is 6.13. The third-order valence-corrected chi connectivity index (χ3v) is 8.35. The smallest absolute Gasteiger partial charge is 0.250 e. The highest BCUT2D eigenvalue weighted by Crippen LogP contribution is 2.66. The quantitative estimate of drug-likeness (QED) is 0.585. The average molecular weight is 450 g/mol. The summed E-state index contributed by atoms with van der Waals surface area (Å²) < 4.78 is 0. The van der Waals surface area contributed by atoms with Crippen molar-refractivity contribution >= 4 is 29.0 Å². The molecular formula is C28H23N3O3. The first-order valence-corrected chi connectivity index (χ1v) is 11.8. The third kappa shape index (κ3) is 2.08. The Morgan fingerprint density at radius 1 is 0.794 bits per heavy atom. The van der Waals surface area contributed by atoms with Gasteiger partial charge in [0.05, 0.1) is 5.92 Å². The fraction of sp³-hybridized carbons (Fsp3) is 0.250. The lowest BCUT2D eigenvalue weighted by atomic mass is 9.60. The van der Waals surface area contributed by atoms with Crippen LogP contribution in [0, 0.1) is 5.92 Å². The number of rotatable bonds is 2. The Kier molecular flexibility index (Phi) is 3.84. The molecule has 6 heteroatoms. The predicted molar refractivity (Wildman–Crippen MR) is 127 cm³/mol. The maximum absolute atomic E-state index is 14.5. The highest BCUT2D eigenvalue weighted by atomic mass is 16.2. The molecule has 6 nitrogen and oxygen atoms in total. The molecule has 2 fully saturated rings. The third-order valence-electron chi connectivity index (χ3n) is 8.35. The number of para-hydroxylation sites is 2. The zero-order chi connectivity index (χ0) is 23.1. The summed E-state index contributed by atoms with van der Waals surface area (Å²) >= 11 is 0. The first kappa shape index (κ1) is 19.7. The summed E-state index contributed by atoms with van der Waals surface area (Å²) in [6.07, 6.45) is 1.61. The van der Waals surface area contributed by atoms with E-state index < -0.39 is 16.9 Å². The van der Waals surface area contributed by atoms with Crippen LogP contribution < -0.4 is 10.6 Å². The zero-order valence-corrected chi connectivity index (χ0v) is 18.5. The Bertz CT molecular complexity index is 1310. The van der Waals surface area contributed by atoms with Crippen LogP contribution in [-0.2, 0) is 20.5 Å². The van der Waals surface area contributed by atoms with Crippen molar-refractivity contribution in [2.75, 3.05) is 17.2 Å². The van der Waals surface area contributed by atoms with Crippen molar-refractivity contribution in [2.24, 2.45) is 5.92 Å². The van der Waals surface area contributed by atoms with Gasteiger partial charge in [0.15, 0.2) is 5.78 Å². The lowest BCUT2D eigenvalue weighted by molar-refractivity contribution is -0.128. The molecule has 2 N–H and O–H groups in total. The monoisotopic (exact) mass is 449 g/mol. The largest absolute Gasteiger partial charge is 0.325 e. The van der Waals surface area contributed by atoms with Crippen LogP contribution >= 0.6 is 0 Å². The number of carbonyl (C=O) groups is 3. The summed E-state index contributed by atoms with van der Waals surface area (Å²) in [6, 6.07) is 24.1. The summed E-state index contributed by atoms with van der Waals surface area (Å²) in [5.74, 6) is -1.48. The minimum Gasteiger partial charge on any atom is -0.325 e. The van der Waals surface area contributed by atoms with Crippen LogP contribution in [0.4, 0.5) is 11.4 Å². The van der Waals surface area contributed by atoms with Gasteiger partial charge in [-0.2, -0.15) is 0 Å². The first-order valence-electron chi connectivity index (χ1n) is 11.8. The Morgan fingerprint density at radius 3 is 2.18 bits per heavy atom. The molecule has 4 aliphatic rings. The van der Waals surface area contributed by atoms with Crippen molar-refractivity contribution in [3.63, 3.8) is 0 Å². The Morgan fingerprint density at radius 2 is 1.41 bits per heavy atom. The zero-order valence-electron chi connectivity index (χ0n) is 18.5. The van der Waals surface area contributed by atoms with Gasteiger partial charge in [0.25, 0.3) is 0 Å². The molecule has 4 aliphatic heterocycles. The van der Waals surface area contributed by atoms with Crippen LogP contribution in [0.1, 0.15) is 34.3 Å². The number of carbonyl (C=O) groups excluding carboxylic acids is 3. The van der Waals surface area contributed by atoms with Gasteiger partial charge in [-0.05, 0) is 37.1 Å². The van der Waals surface area contributed by atoms with Crippen LogP contribution in [0.15, 0.2) is 78.9 Å². The lowest BCUT2D eigenvalue weighted by Gasteiger charge is -2.38. The van der Waals surface area contributed by atoms with E-state index in [-0.39, 0.29) is 23.6 Å². The standard InChI is InChI=1S/C28H23N3O3/c32-23(17-9-2-1-3-10-17)24-27(18-11-4-6-13-20(18)29-25(27)33)22-15-8-16-31(22)28(24)19-12-5-7-14-21(19)30-26(28)34/h1-7,9-14,22,24H,8,15-16H2,(H,29,33)(H,30,34)/t22-,24-,27+,28+/m1/s1. The molecule has 0 aliphatic carbocycles. The number of ketones is 1. The van der Waals surface area contributed by atoms with Crippen LogP contribution in [0.5, 0.6) is 0 Å². The summed E-state index contributed by atoms with van der Waals surface area (Å²) in [6.45, 7) is 0.655. The molecule has 2 spiro atoms. The molecule has 4 heterocycles. The SMILES string of the molecule is O=C(c1ccccc1)[C@@H]1[C@@]2(C(=O)Nc3ccccc32)[C@H]2CCCN2[C@]12C(=O)Nc1ccccc12. The second-order valence-electron chi connectivity index (χ2n) is 9.65. The van der Waals surface area contributed by atoms with E-state index in [4.69, 9.17) is 0 Å². The second-order valence-corrected chi connectivity index (χ2v) is 9.65. The molecule has 0 radical (unpaired) electrons. The number of nitrogens with zero attached hydrogens (tertiary/aromatic N) is 1. The van der Waals surface area contributed by atoms with Crippen molar-refractivity contribution in [3.8, 4) is 0 Å². The van der Waals surface area contributed by atoms with Crippen LogP contribution in [0.2, 0.25) is 0 Å². The van der Waals surface area contributed by atoms with Gasteiger partial charge >= 0.3 is 0 Å². The van der Waals surface area contributed by atoms with Gasteiger partial charge in [0.1, 0.15) is 11.0 Å². The van der Waals surface area contributed by atoms with E-state index in [0.717, 1.165) is 29.7 Å². The Labute approximate surface area is 197 Å². The fourth-order valence-electron chi connectivity index (χ4n) is 7.27. The summed E-state index contributed by atoms with van der Waals surface area (Å²) in [7, 11) is 0. The molecule has 2 amide bonds. The molecule has 0 aromatic heterocycles. The van der Waals surface area contributed by atoms with Crippen LogP contribution in [0.3, 0.4) is 0 Å². The van der Waals surface area contributed by atoms with Gasteiger partial charge in [-0.25, -0.2) is 0 Å². The molecule has 168 valence electrons. The number of amides is 2. The average Bonchev–Trinajstić information content (AvgIpc) is 3.58. The van der Waals surface area contributed by atoms with E-state index in [2.05, 4.69) is 15.5 Å². The first-order chi connectivity index (χ1) is 16.6. The fourth-order valence-corrected chi connectivity index (χ4v) is 7.27. The molecule has 7 rings (SSSR count). The van der Waals surface area contributed by atoms with Crippen molar-refractivity contribution in [2.45, 2.75) is 29.8 Å². The molecule has 4 atom stereocenters. The molecular weight excluding hydrogens is 426 g/mol. The van der Waals surface area contributed by atoms with Gasteiger partial charge < -0.3 is 10.6 Å². The van der Waals surface area contributed by atoms with E-state index in [1.165, 1.54) is 0 Å². The number of Topliss-reactive ketones (excluding diaryl/α,β-unsaturated/α-hetero) is 1. The molecule has 34 heavy (non-hydrogen) atoms. The van der Waals surface area contributed by atoms with Crippen molar-refractivity contribution in [1.29, 1.82) is 0 Å². The summed E-state index contributed by atoms with van der Waals surface area (Å²) in [5.41, 5.74) is 1.16. The molecule has 3 aromatic rings. The minimum atomic E-state index is -1.25. The van der Waals surface area contributed by atoms with Crippen molar-refractivity contribution < 1.29 is 14.4 Å². The van der Waals surface area contributed by atoms with Gasteiger partial charge in [-0.15, -0.1) is 0 Å². The van der Waals surface area contributed by atoms with Crippen molar-refractivity contribution in [3.05, 3.63) is 95.6 Å². The number of hydrogen-bond acceptors (Lipinski definition) is 4. The number of fused-ring (bicyclic) bond motifs is 7. The van der Waals surface area contributed by atoms with E-state index in [1.54, 1.807) is 12.1 Å². The molecule has 0 bridgehead atoms.